The molecule has 1 saturated carbocycles. The van der Waals surface area contributed by atoms with Crippen molar-refractivity contribution in [3.05, 3.63) is 16.3 Å². The lowest BCUT2D eigenvalue weighted by atomic mass is 9.49. The van der Waals surface area contributed by atoms with Crippen LogP contribution in [0.3, 0.4) is 0 Å². The summed E-state index contributed by atoms with van der Waals surface area (Å²) in [6, 6.07) is 0. The molecule has 0 saturated heterocycles. The second kappa shape index (κ2) is 4.30. The van der Waals surface area contributed by atoms with Gasteiger partial charge in [-0.1, -0.05) is 0 Å². The highest BCUT2D eigenvalue weighted by molar-refractivity contribution is 6.56. The summed E-state index contributed by atoms with van der Waals surface area (Å²) in [6.45, 7) is 1.59. The van der Waals surface area contributed by atoms with Crippen molar-refractivity contribution >= 4 is 29.2 Å². The van der Waals surface area contributed by atoms with E-state index in [1.807, 2.05) is 0 Å². The summed E-state index contributed by atoms with van der Waals surface area (Å²) in [6.07, 6.45) is 1.57. The van der Waals surface area contributed by atoms with E-state index >= 15 is 0 Å². The van der Waals surface area contributed by atoms with Gasteiger partial charge in [-0.15, -0.1) is 5.10 Å². The molecule has 2 atom stereocenters. The van der Waals surface area contributed by atoms with Crippen LogP contribution in [0.15, 0.2) is 6.20 Å². The van der Waals surface area contributed by atoms with Crippen LogP contribution in [-0.4, -0.2) is 55.1 Å². The first kappa shape index (κ1) is 14.0. The fourth-order valence-corrected chi connectivity index (χ4v) is 1.76. The number of aliphatic hydroxyl groups is 1. The van der Waals surface area contributed by atoms with Gasteiger partial charge >= 0.3 is 11.6 Å². The lowest BCUT2D eigenvalue weighted by Gasteiger charge is -2.41. The molecule has 1 aliphatic rings. The molecule has 1 unspecified atom stereocenters. The lowest BCUT2D eigenvalue weighted by Crippen LogP contribution is -2.52. The molecule has 1 heterocycles. The molecule has 6 radical (unpaired) electrons. The topological polar surface area (TPSA) is 90.4 Å². The van der Waals surface area contributed by atoms with Crippen molar-refractivity contribution < 1.29 is 14.8 Å². The van der Waals surface area contributed by atoms with E-state index < -0.39 is 27.6 Å². The molecule has 0 spiro atoms. The number of rotatable bonds is 4. The van der Waals surface area contributed by atoms with Gasteiger partial charge in [0.2, 0.25) is 0 Å². The summed E-state index contributed by atoms with van der Waals surface area (Å²) in [5.41, 5.74) is -1.43. The zero-order chi connectivity index (χ0) is 14.4. The molecule has 94 valence electrons. The maximum absolute atomic E-state index is 10.9. The summed E-state index contributed by atoms with van der Waals surface area (Å²) >= 11 is 0. The van der Waals surface area contributed by atoms with E-state index in [-0.39, 0.29) is 5.88 Å². The molecule has 7 nitrogen and oxygen atoms in total. The van der Waals surface area contributed by atoms with E-state index in [2.05, 4.69) is 5.10 Å². The predicted molar refractivity (Wildman–Crippen MR) is 68.4 cm³/mol. The maximum Gasteiger partial charge on any atom is 0.350 e. The van der Waals surface area contributed by atoms with Crippen molar-refractivity contribution in [2.75, 3.05) is 0 Å². The van der Waals surface area contributed by atoms with Crippen molar-refractivity contribution in [2.24, 2.45) is 0 Å². The minimum atomic E-state index is -1.87. The third-order valence-electron chi connectivity index (χ3n) is 3.12. The molecule has 1 N–H and O–H groups in total. The first-order valence-electron chi connectivity index (χ1n) is 5.61. The van der Waals surface area contributed by atoms with Crippen molar-refractivity contribution in [1.29, 1.82) is 0 Å². The molecule has 0 bridgehead atoms. The Balaban J connectivity index is 2.29. The van der Waals surface area contributed by atoms with Gasteiger partial charge in [0.1, 0.15) is 12.3 Å². The Kier molecular flexibility index (Phi) is 3.16. The highest BCUT2D eigenvalue weighted by atomic mass is 16.6. The van der Waals surface area contributed by atoms with Crippen LogP contribution in [0.25, 0.3) is 0 Å². The normalized spacial score (nSPS) is 26.7. The van der Waals surface area contributed by atoms with Gasteiger partial charge in [-0.25, -0.2) is 0 Å². The van der Waals surface area contributed by atoms with E-state index in [1.54, 1.807) is 6.92 Å². The summed E-state index contributed by atoms with van der Waals surface area (Å²) in [4.78, 5) is 10.2. The molecule has 1 aliphatic carbocycles. The minimum Gasteiger partial charge on any atom is -0.465 e. The smallest absolute Gasteiger partial charge is 0.350 e. The van der Waals surface area contributed by atoms with Crippen LogP contribution in [0.1, 0.15) is 19.8 Å². The number of hydrogen-bond donors (Lipinski definition) is 1. The summed E-state index contributed by atoms with van der Waals surface area (Å²) in [5.74, 6) is -0.263. The Morgan fingerprint density at radius 2 is 2.32 bits per heavy atom. The Hall–Kier alpha value is -1.44. The van der Waals surface area contributed by atoms with Crippen LogP contribution in [0.4, 0.5) is 5.69 Å². The number of aromatic nitrogens is 2. The molecular formula is C9H10B3N3O4. The van der Waals surface area contributed by atoms with Gasteiger partial charge in [0.25, 0.3) is 0 Å². The molecule has 19 heavy (non-hydrogen) atoms. The monoisotopic (exact) mass is 257 g/mol. The van der Waals surface area contributed by atoms with Gasteiger partial charge in [0.05, 0.1) is 34.1 Å². The predicted octanol–water partition coefficient (Wildman–Crippen LogP) is -0.843. The fraction of sp³-hybridized carbons (Fsp3) is 0.667. The lowest BCUT2D eigenvalue weighted by molar-refractivity contribution is -0.386. The second-order valence-corrected chi connectivity index (χ2v) is 4.91. The summed E-state index contributed by atoms with van der Waals surface area (Å²) in [7, 11) is 16.2. The second-order valence-electron chi connectivity index (χ2n) is 4.91. The van der Waals surface area contributed by atoms with Crippen molar-refractivity contribution in [3.8, 4) is 5.88 Å². The van der Waals surface area contributed by atoms with E-state index in [4.69, 9.17) is 28.3 Å². The highest BCUT2D eigenvalue weighted by Gasteiger charge is 2.44. The van der Waals surface area contributed by atoms with Crippen LogP contribution < -0.4 is 4.74 Å². The standard InChI is InChI=1S/C9H10B3N3O4/c1-8(16)3-2-6(8)19-7-5(15(17)18)4-14(13-7)9(10,11)12/h4,6,16H,2-3H2,1H3/t6?,8-/m1/s1. The van der Waals surface area contributed by atoms with Crippen LogP contribution in [0, 0.1) is 10.1 Å². The van der Waals surface area contributed by atoms with Crippen LogP contribution in [0.2, 0.25) is 0 Å². The molecular weight excluding hydrogens is 247 g/mol. The van der Waals surface area contributed by atoms with Gasteiger partial charge in [0, 0.05) is 0 Å². The minimum absolute atomic E-state index is 0.263. The number of nitro groups is 1. The Bertz CT molecular complexity index is 511. The quantitative estimate of drug-likeness (QED) is 0.431. The van der Waals surface area contributed by atoms with Gasteiger partial charge < -0.3 is 9.84 Å². The molecule has 0 amide bonds. The molecule has 1 fully saturated rings. The summed E-state index contributed by atoms with van der Waals surface area (Å²) < 4.78 is 6.18. The Morgan fingerprint density at radius 3 is 2.68 bits per heavy atom. The van der Waals surface area contributed by atoms with E-state index in [1.165, 1.54) is 0 Å². The van der Waals surface area contributed by atoms with Gasteiger partial charge in [-0.2, -0.15) is 0 Å². The molecule has 10 heteroatoms. The van der Waals surface area contributed by atoms with Crippen LogP contribution in [-0.2, 0) is 5.24 Å². The average molecular weight is 257 g/mol. The SMILES string of the molecule is [B]C([B])([B])n1cc([N+](=O)[O-])c(OC2CC[C@@]2(C)O)n1. The Morgan fingerprint density at radius 1 is 1.68 bits per heavy atom. The van der Waals surface area contributed by atoms with Crippen molar-refractivity contribution in [3.63, 3.8) is 0 Å². The fourth-order valence-electron chi connectivity index (χ4n) is 1.76. The molecule has 0 aromatic carbocycles. The van der Waals surface area contributed by atoms with E-state index in [0.29, 0.717) is 12.8 Å². The first-order chi connectivity index (χ1) is 8.61. The number of ether oxygens (including phenoxy) is 1. The Labute approximate surface area is 113 Å². The van der Waals surface area contributed by atoms with Crippen molar-refractivity contribution in [2.45, 2.75) is 36.7 Å². The first-order valence-corrected chi connectivity index (χ1v) is 5.61. The molecule has 1 aromatic rings. The average Bonchev–Trinajstić information content (AvgIpc) is 2.68. The number of nitrogens with zero attached hydrogens (tertiary/aromatic N) is 3. The zero-order valence-electron chi connectivity index (χ0n) is 10.3. The third kappa shape index (κ3) is 2.63. The van der Waals surface area contributed by atoms with E-state index in [0.717, 1.165) is 10.9 Å². The molecule has 2 rings (SSSR count). The van der Waals surface area contributed by atoms with Gasteiger partial charge in [-0.3, -0.25) is 14.8 Å². The highest BCUT2D eigenvalue weighted by Crippen LogP contribution is 2.37. The molecule has 1 aromatic heterocycles. The largest absolute Gasteiger partial charge is 0.465 e. The third-order valence-corrected chi connectivity index (χ3v) is 3.12. The van der Waals surface area contributed by atoms with Crippen LogP contribution >= 0.6 is 0 Å². The van der Waals surface area contributed by atoms with Gasteiger partial charge in [-0.05, 0) is 25.0 Å². The van der Waals surface area contributed by atoms with Gasteiger partial charge in [0.15, 0.2) is 0 Å². The van der Waals surface area contributed by atoms with E-state index in [9.17, 15) is 15.2 Å². The molecule has 0 aliphatic heterocycles. The van der Waals surface area contributed by atoms with Crippen LogP contribution in [0.5, 0.6) is 5.88 Å². The zero-order valence-corrected chi connectivity index (χ0v) is 10.3. The summed E-state index contributed by atoms with van der Waals surface area (Å²) in [5, 5.41) is 22.6. The van der Waals surface area contributed by atoms with Crippen molar-refractivity contribution in [1.82, 2.24) is 9.78 Å². The number of hydrogen-bond acceptors (Lipinski definition) is 5. The maximum atomic E-state index is 10.9.